The maximum atomic E-state index is 4.27. The summed E-state index contributed by atoms with van der Waals surface area (Å²) in [6.07, 6.45) is 1.73. The van der Waals surface area contributed by atoms with Crippen LogP contribution >= 0.6 is 15.9 Å². The molecule has 0 saturated heterocycles. The van der Waals surface area contributed by atoms with E-state index in [2.05, 4.69) is 62.4 Å². The number of rotatable bonds is 4. The van der Waals surface area contributed by atoms with Crippen molar-refractivity contribution in [2.45, 2.75) is 26.4 Å². The Labute approximate surface area is 110 Å². The highest BCUT2D eigenvalue weighted by atomic mass is 79.9. The number of benzene rings is 1. The van der Waals surface area contributed by atoms with E-state index in [0.717, 1.165) is 22.4 Å². The third-order valence-corrected chi connectivity index (χ3v) is 3.41. The number of H-pyrrole nitrogens is 1. The molecule has 0 spiro atoms. The number of aromatic nitrogens is 2. The average Bonchev–Trinajstić information content (AvgIpc) is 2.73. The maximum absolute atomic E-state index is 4.27. The third-order valence-electron chi connectivity index (χ3n) is 2.88. The standard InChI is InChI=1S/C13H16BrN3/c1-9(11-3-5-12(14)6-4-11)15-7-13-10(2)16-8-17-13/h3-6,8-9,15H,7H2,1-2H3,(H,16,17)/t9-/m0/s1. The van der Waals surface area contributed by atoms with Crippen molar-refractivity contribution in [3.05, 3.63) is 52.0 Å². The normalized spacial score (nSPS) is 12.6. The second-order valence-corrected chi connectivity index (χ2v) is 5.04. The lowest BCUT2D eigenvalue weighted by molar-refractivity contribution is 0.567. The summed E-state index contributed by atoms with van der Waals surface area (Å²) in [5.41, 5.74) is 3.48. The van der Waals surface area contributed by atoms with Gasteiger partial charge in [-0.3, -0.25) is 0 Å². The topological polar surface area (TPSA) is 40.7 Å². The lowest BCUT2D eigenvalue weighted by Gasteiger charge is -2.13. The fraction of sp³-hybridized carbons (Fsp3) is 0.308. The van der Waals surface area contributed by atoms with Crippen molar-refractivity contribution in [3.63, 3.8) is 0 Å². The summed E-state index contributed by atoms with van der Waals surface area (Å²) in [7, 11) is 0. The van der Waals surface area contributed by atoms with E-state index in [-0.39, 0.29) is 0 Å². The molecule has 17 heavy (non-hydrogen) atoms. The number of nitrogens with one attached hydrogen (secondary N) is 2. The first kappa shape index (κ1) is 12.3. The zero-order chi connectivity index (χ0) is 12.3. The van der Waals surface area contributed by atoms with E-state index < -0.39 is 0 Å². The molecule has 2 N–H and O–H groups in total. The zero-order valence-corrected chi connectivity index (χ0v) is 11.6. The lowest BCUT2D eigenvalue weighted by atomic mass is 10.1. The SMILES string of the molecule is Cc1[nH]cnc1CN[C@@H](C)c1ccc(Br)cc1. The van der Waals surface area contributed by atoms with Crippen LogP contribution in [0.5, 0.6) is 0 Å². The van der Waals surface area contributed by atoms with Crippen LogP contribution in [0.2, 0.25) is 0 Å². The molecule has 1 aromatic carbocycles. The Hall–Kier alpha value is -1.13. The molecular formula is C13H16BrN3. The maximum Gasteiger partial charge on any atom is 0.0925 e. The van der Waals surface area contributed by atoms with Crippen molar-refractivity contribution in [3.8, 4) is 0 Å². The Balaban J connectivity index is 1.95. The van der Waals surface area contributed by atoms with Crippen LogP contribution in [0.25, 0.3) is 0 Å². The second kappa shape index (κ2) is 5.47. The van der Waals surface area contributed by atoms with Crippen molar-refractivity contribution < 1.29 is 0 Å². The summed E-state index contributed by atoms with van der Waals surface area (Å²) < 4.78 is 1.11. The van der Waals surface area contributed by atoms with Crippen molar-refractivity contribution in [2.24, 2.45) is 0 Å². The van der Waals surface area contributed by atoms with Gasteiger partial charge in [0.1, 0.15) is 0 Å². The molecule has 0 aliphatic rings. The predicted octanol–water partition coefficient (Wildman–Crippen LogP) is 3.33. The van der Waals surface area contributed by atoms with E-state index in [9.17, 15) is 0 Å². The first-order chi connectivity index (χ1) is 8.16. The monoisotopic (exact) mass is 293 g/mol. The molecule has 0 unspecified atom stereocenters. The number of imidazole rings is 1. The van der Waals surface area contributed by atoms with Gasteiger partial charge in [0.2, 0.25) is 0 Å². The Bertz CT molecular complexity index is 476. The van der Waals surface area contributed by atoms with E-state index >= 15 is 0 Å². The Morgan fingerprint density at radius 1 is 1.35 bits per heavy atom. The zero-order valence-electron chi connectivity index (χ0n) is 10.00. The fourth-order valence-electron chi connectivity index (χ4n) is 1.68. The van der Waals surface area contributed by atoms with Crippen molar-refractivity contribution in [1.29, 1.82) is 0 Å². The first-order valence-corrected chi connectivity index (χ1v) is 6.44. The number of aromatic amines is 1. The van der Waals surface area contributed by atoms with E-state index in [0.29, 0.717) is 6.04 Å². The molecule has 0 amide bonds. The molecule has 1 aromatic heterocycles. The van der Waals surface area contributed by atoms with Gasteiger partial charge in [-0.05, 0) is 31.5 Å². The molecule has 0 saturated carbocycles. The minimum absolute atomic E-state index is 0.319. The molecule has 0 aliphatic carbocycles. The van der Waals surface area contributed by atoms with Gasteiger partial charge in [-0.1, -0.05) is 28.1 Å². The van der Waals surface area contributed by atoms with Crippen LogP contribution in [0.1, 0.15) is 29.9 Å². The Morgan fingerprint density at radius 2 is 2.06 bits per heavy atom. The van der Waals surface area contributed by atoms with E-state index in [4.69, 9.17) is 0 Å². The fourth-order valence-corrected chi connectivity index (χ4v) is 1.95. The van der Waals surface area contributed by atoms with Gasteiger partial charge in [-0.25, -0.2) is 4.98 Å². The van der Waals surface area contributed by atoms with Gasteiger partial charge in [0.05, 0.1) is 12.0 Å². The molecule has 0 radical (unpaired) electrons. The van der Waals surface area contributed by atoms with Crippen molar-refractivity contribution in [1.82, 2.24) is 15.3 Å². The molecule has 1 atom stereocenters. The summed E-state index contributed by atoms with van der Waals surface area (Å²) in [5, 5.41) is 3.46. The summed E-state index contributed by atoms with van der Waals surface area (Å²) in [4.78, 5) is 7.35. The van der Waals surface area contributed by atoms with Crippen molar-refractivity contribution in [2.75, 3.05) is 0 Å². The Kier molecular flexibility index (Phi) is 3.97. The van der Waals surface area contributed by atoms with E-state index in [1.165, 1.54) is 5.56 Å². The lowest BCUT2D eigenvalue weighted by Crippen LogP contribution is -2.18. The molecule has 0 aliphatic heterocycles. The third kappa shape index (κ3) is 3.17. The first-order valence-electron chi connectivity index (χ1n) is 5.64. The number of hydrogen-bond acceptors (Lipinski definition) is 2. The quantitative estimate of drug-likeness (QED) is 0.908. The van der Waals surface area contributed by atoms with Gasteiger partial charge in [-0.15, -0.1) is 0 Å². The molecule has 2 rings (SSSR count). The summed E-state index contributed by atoms with van der Waals surface area (Å²) in [5.74, 6) is 0. The van der Waals surface area contributed by atoms with Gasteiger partial charge in [-0.2, -0.15) is 0 Å². The molecule has 0 bridgehead atoms. The number of nitrogens with zero attached hydrogens (tertiary/aromatic N) is 1. The minimum Gasteiger partial charge on any atom is -0.348 e. The number of aryl methyl sites for hydroxylation is 1. The molecule has 0 fully saturated rings. The smallest absolute Gasteiger partial charge is 0.0925 e. The molecule has 90 valence electrons. The summed E-state index contributed by atoms with van der Waals surface area (Å²) in [6, 6.07) is 8.69. The summed E-state index contributed by atoms with van der Waals surface area (Å²) in [6.45, 7) is 4.98. The predicted molar refractivity (Wildman–Crippen MR) is 72.7 cm³/mol. The van der Waals surface area contributed by atoms with Crippen LogP contribution in [0.15, 0.2) is 35.1 Å². The Morgan fingerprint density at radius 3 is 2.65 bits per heavy atom. The van der Waals surface area contributed by atoms with Gasteiger partial charge in [0, 0.05) is 22.8 Å². The largest absolute Gasteiger partial charge is 0.348 e. The van der Waals surface area contributed by atoms with Crippen LogP contribution in [0.3, 0.4) is 0 Å². The number of hydrogen-bond donors (Lipinski definition) is 2. The second-order valence-electron chi connectivity index (χ2n) is 4.13. The number of halogens is 1. The van der Waals surface area contributed by atoms with E-state index in [1.54, 1.807) is 6.33 Å². The van der Waals surface area contributed by atoms with Gasteiger partial charge in [0.15, 0.2) is 0 Å². The van der Waals surface area contributed by atoms with E-state index in [1.807, 2.05) is 6.92 Å². The van der Waals surface area contributed by atoms with Crippen LogP contribution in [-0.4, -0.2) is 9.97 Å². The highest BCUT2D eigenvalue weighted by Crippen LogP contribution is 2.16. The van der Waals surface area contributed by atoms with Gasteiger partial charge < -0.3 is 10.3 Å². The van der Waals surface area contributed by atoms with Gasteiger partial charge >= 0.3 is 0 Å². The summed E-state index contributed by atoms with van der Waals surface area (Å²) >= 11 is 3.44. The highest BCUT2D eigenvalue weighted by molar-refractivity contribution is 9.10. The average molecular weight is 294 g/mol. The molecule has 4 heteroatoms. The molecular weight excluding hydrogens is 278 g/mol. The molecule has 1 heterocycles. The minimum atomic E-state index is 0.319. The van der Waals surface area contributed by atoms with Crippen molar-refractivity contribution >= 4 is 15.9 Å². The van der Waals surface area contributed by atoms with Crippen LogP contribution in [0, 0.1) is 6.92 Å². The highest BCUT2D eigenvalue weighted by Gasteiger charge is 2.06. The van der Waals surface area contributed by atoms with Crippen LogP contribution in [-0.2, 0) is 6.54 Å². The molecule has 3 nitrogen and oxygen atoms in total. The molecule has 2 aromatic rings. The van der Waals surface area contributed by atoms with Crippen LogP contribution < -0.4 is 5.32 Å². The van der Waals surface area contributed by atoms with Gasteiger partial charge in [0.25, 0.3) is 0 Å². The van der Waals surface area contributed by atoms with Crippen LogP contribution in [0.4, 0.5) is 0 Å².